The zero-order valence-electron chi connectivity index (χ0n) is 14.2. The van der Waals surface area contributed by atoms with Gasteiger partial charge in [0.2, 0.25) is 5.91 Å². The highest BCUT2D eigenvalue weighted by Crippen LogP contribution is 2.29. The van der Waals surface area contributed by atoms with Crippen LogP contribution in [0.5, 0.6) is 0 Å². The first-order valence-corrected chi connectivity index (χ1v) is 8.89. The summed E-state index contributed by atoms with van der Waals surface area (Å²) in [5.74, 6) is -0.536. The minimum Gasteiger partial charge on any atom is -0.391 e. The number of pyridine rings is 1. The Labute approximate surface area is 152 Å². The van der Waals surface area contributed by atoms with Gasteiger partial charge in [-0.3, -0.25) is 14.6 Å². The van der Waals surface area contributed by atoms with Crippen molar-refractivity contribution in [3.8, 4) is 0 Å². The maximum Gasteiger partial charge on any atom is 0.253 e. The summed E-state index contributed by atoms with van der Waals surface area (Å²) >= 11 is 5.98. The molecule has 2 fully saturated rings. The SMILES string of the molecule is CN1CCN(C(=O)[C@@H]2C[C@@H](O)[C@H](NC(=O)c3ccncc3Cl)C2)CC1. The molecule has 1 aromatic heterocycles. The van der Waals surface area contributed by atoms with Crippen molar-refractivity contribution in [2.75, 3.05) is 33.2 Å². The van der Waals surface area contributed by atoms with Crippen LogP contribution >= 0.6 is 11.6 Å². The number of nitrogens with one attached hydrogen (secondary N) is 1. The number of carbonyl (C=O) groups is 2. The van der Waals surface area contributed by atoms with Crippen molar-refractivity contribution in [3.05, 3.63) is 29.0 Å². The first kappa shape index (κ1) is 18.1. The molecule has 8 heteroatoms. The topological polar surface area (TPSA) is 85.8 Å². The summed E-state index contributed by atoms with van der Waals surface area (Å²) in [6, 6.07) is 1.09. The molecule has 0 spiro atoms. The van der Waals surface area contributed by atoms with Crippen LogP contribution in [0.25, 0.3) is 0 Å². The number of aliphatic hydroxyl groups is 1. The molecule has 25 heavy (non-hydrogen) atoms. The van der Waals surface area contributed by atoms with E-state index < -0.39 is 12.1 Å². The van der Waals surface area contributed by atoms with Crippen LogP contribution in [0.2, 0.25) is 5.02 Å². The van der Waals surface area contributed by atoms with Gasteiger partial charge in [0, 0.05) is 44.5 Å². The average Bonchev–Trinajstić information content (AvgIpc) is 2.96. The summed E-state index contributed by atoms with van der Waals surface area (Å²) in [7, 11) is 2.04. The zero-order chi connectivity index (χ0) is 18.0. The Balaban J connectivity index is 1.59. The molecule has 2 heterocycles. The van der Waals surface area contributed by atoms with Gasteiger partial charge in [0.15, 0.2) is 0 Å². The van der Waals surface area contributed by atoms with E-state index in [1.807, 2.05) is 11.9 Å². The van der Waals surface area contributed by atoms with Crippen LogP contribution < -0.4 is 5.32 Å². The molecule has 1 aromatic rings. The number of likely N-dealkylation sites (N-methyl/N-ethyl adjacent to an activating group) is 1. The molecule has 0 radical (unpaired) electrons. The highest BCUT2D eigenvalue weighted by molar-refractivity contribution is 6.33. The van der Waals surface area contributed by atoms with E-state index >= 15 is 0 Å². The fourth-order valence-electron chi connectivity index (χ4n) is 3.46. The second-order valence-corrected chi connectivity index (χ2v) is 7.21. The Morgan fingerprint density at radius 3 is 2.68 bits per heavy atom. The predicted molar refractivity (Wildman–Crippen MR) is 93.3 cm³/mol. The lowest BCUT2D eigenvalue weighted by Crippen LogP contribution is -2.49. The number of hydrogen-bond acceptors (Lipinski definition) is 5. The monoisotopic (exact) mass is 366 g/mol. The highest BCUT2D eigenvalue weighted by Gasteiger charge is 2.39. The molecule has 1 saturated carbocycles. The van der Waals surface area contributed by atoms with Crippen molar-refractivity contribution in [2.24, 2.45) is 5.92 Å². The summed E-state index contributed by atoms with van der Waals surface area (Å²) < 4.78 is 0. The summed E-state index contributed by atoms with van der Waals surface area (Å²) in [5, 5.41) is 13.3. The third kappa shape index (κ3) is 4.11. The van der Waals surface area contributed by atoms with Crippen LogP contribution in [0.15, 0.2) is 18.5 Å². The van der Waals surface area contributed by atoms with Crippen molar-refractivity contribution >= 4 is 23.4 Å². The molecule has 1 saturated heterocycles. The van der Waals surface area contributed by atoms with Crippen LogP contribution in [-0.4, -0.2) is 77.1 Å². The van der Waals surface area contributed by atoms with Gasteiger partial charge >= 0.3 is 0 Å². The van der Waals surface area contributed by atoms with Gasteiger partial charge in [-0.05, 0) is 26.0 Å². The highest BCUT2D eigenvalue weighted by atomic mass is 35.5. The van der Waals surface area contributed by atoms with E-state index in [-0.39, 0.29) is 22.8 Å². The molecule has 3 rings (SSSR count). The molecule has 0 bridgehead atoms. The van der Waals surface area contributed by atoms with Gasteiger partial charge < -0.3 is 20.2 Å². The molecule has 136 valence electrons. The predicted octanol–water partition coefficient (Wildman–Crippen LogP) is 0.378. The van der Waals surface area contributed by atoms with Crippen LogP contribution in [0.4, 0.5) is 0 Å². The first-order valence-electron chi connectivity index (χ1n) is 8.51. The number of nitrogens with zero attached hydrogens (tertiary/aromatic N) is 3. The molecule has 0 aromatic carbocycles. The van der Waals surface area contributed by atoms with Crippen LogP contribution in [0.1, 0.15) is 23.2 Å². The lowest BCUT2D eigenvalue weighted by molar-refractivity contribution is -0.137. The van der Waals surface area contributed by atoms with Crippen molar-refractivity contribution in [3.63, 3.8) is 0 Å². The second kappa shape index (κ2) is 7.68. The van der Waals surface area contributed by atoms with E-state index in [1.165, 1.54) is 18.5 Å². The quantitative estimate of drug-likeness (QED) is 0.807. The van der Waals surface area contributed by atoms with Crippen molar-refractivity contribution in [2.45, 2.75) is 25.0 Å². The van der Waals surface area contributed by atoms with Gasteiger partial charge in [-0.2, -0.15) is 0 Å². The number of hydrogen-bond donors (Lipinski definition) is 2. The second-order valence-electron chi connectivity index (χ2n) is 6.80. The number of piperazine rings is 1. The number of carbonyl (C=O) groups excluding carboxylic acids is 2. The molecular weight excluding hydrogens is 344 g/mol. The number of amides is 2. The Morgan fingerprint density at radius 2 is 2.00 bits per heavy atom. The Bertz CT molecular complexity index is 649. The van der Waals surface area contributed by atoms with Crippen LogP contribution in [-0.2, 0) is 4.79 Å². The third-order valence-electron chi connectivity index (χ3n) is 5.03. The van der Waals surface area contributed by atoms with Gasteiger partial charge in [0.05, 0.1) is 22.7 Å². The zero-order valence-corrected chi connectivity index (χ0v) is 14.9. The van der Waals surface area contributed by atoms with E-state index in [0.717, 1.165) is 13.1 Å². The van der Waals surface area contributed by atoms with Crippen molar-refractivity contribution in [1.29, 1.82) is 0 Å². The van der Waals surface area contributed by atoms with E-state index in [9.17, 15) is 14.7 Å². The number of aromatic nitrogens is 1. The van der Waals surface area contributed by atoms with Gasteiger partial charge in [-0.1, -0.05) is 11.6 Å². The Hall–Kier alpha value is -1.70. The van der Waals surface area contributed by atoms with E-state index in [2.05, 4.69) is 15.2 Å². The smallest absolute Gasteiger partial charge is 0.253 e. The molecule has 2 N–H and O–H groups in total. The average molecular weight is 367 g/mol. The standard InChI is InChI=1S/C17H23ClN4O3/c1-21-4-6-22(7-5-21)17(25)11-8-14(15(23)9-11)20-16(24)12-2-3-19-10-13(12)18/h2-3,10-11,14-15,23H,4-9H2,1H3,(H,20,24)/t11-,14+,15+/m0/s1. The van der Waals surface area contributed by atoms with Crippen molar-refractivity contribution in [1.82, 2.24) is 20.1 Å². The maximum absolute atomic E-state index is 12.7. The van der Waals surface area contributed by atoms with E-state index in [0.29, 0.717) is 31.5 Å². The largest absolute Gasteiger partial charge is 0.391 e. The van der Waals surface area contributed by atoms with E-state index in [1.54, 1.807) is 0 Å². The minimum atomic E-state index is -0.731. The molecule has 1 aliphatic heterocycles. The van der Waals surface area contributed by atoms with Gasteiger partial charge in [-0.25, -0.2) is 0 Å². The Kier molecular flexibility index (Phi) is 5.56. The Morgan fingerprint density at radius 1 is 1.28 bits per heavy atom. The van der Waals surface area contributed by atoms with Crippen LogP contribution in [0.3, 0.4) is 0 Å². The van der Waals surface area contributed by atoms with Crippen molar-refractivity contribution < 1.29 is 14.7 Å². The molecule has 2 aliphatic rings. The summed E-state index contributed by atoms with van der Waals surface area (Å²) in [6.07, 6.45) is 2.99. The molecule has 1 aliphatic carbocycles. The number of halogens is 1. The van der Waals surface area contributed by atoms with E-state index in [4.69, 9.17) is 11.6 Å². The fourth-order valence-corrected chi connectivity index (χ4v) is 3.67. The normalized spacial score (nSPS) is 27.3. The van der Waals surface area contributed by atoms with Crippen LogP contribution in [0, 0.1) is 5.92 Å². The maximum atomic E-state index is 12.7. The number of aliphatic hydroxyl groups excluding tert-OH is 1. The summed E-state index contributed by atoms with van der Waals surface area (Å²) in [4.78, 5) is 32.9. The summed E-state index contributed by atoms with van der Waals surface area (Å²) in [6.45, 7) is 3.15. The fraction of sp³-hybridized carbons (Fsp3) is 0.588. The molecule has 3 atom stereocenters. The summed E-state index contributed by atoms with van der Waals surface area (Å²) in [5.41, 5.74) is 0.317. The van der Waals surface area contributed by atoms with Gasteiger partial charge in [0.1, 0.15) is 0 Å². The third-order valence-corrected chi connectivity index (χ3v) is 5.33. The lowest BCUT2D eigenvalue weighted by Gasteiger charge is -2.34. The number of rotatable bonds is 3. The molecule has 2 amide bonds. The lowest BCUT2D eigenvalue weighted by atomic mass is 10.1. The molecule has 0 unspecified atom stereocenters. The first-order chi connectivity index (χ1) is 12.0. The molecule has 7 nitrogen and oxygen atoms in total. The van der Waals surface area contributed by atoms with Gasteiger partial charge in [-0.15, -0.1) is 0 Å². The minimum absolute atomic E-state index is 0.0749. The molecular formula is C17H23ClN4O3. The van der Waals surface area contributed by atoms with Gasteiger partial charge in [0.25, 0.3) is 5.91 Å².